The molecule has 0 N–H and O–H groups in total. The van der Waals surface area contributed by atoms with Crippen LogP contribution >= 0.6 is 0 Å². The monoisotopic (exact) mass is 281 g/mol. The molecule has 0 atom stereocenters. The summed E-state index contributed by atoms with van der Waals surface area (Å²) >= 11 is 0. The van der Waals surface area contributed by atoms with E-state index in [4.69, 9.17) is 4.74 Å². The molecule has 0 aliphatic heterocycles. The predicted octanol–water partition coefficient (Wildman–Crippen LogP) is 2.31. The van der Waals surface area contributed by atoms with Crippen LogP contribution < -0.4 is 10.3 Å². The third kappa shape index (κ3) is 2.70. The van der Waals surface area contributed by atoms with Crippen molar-refractivity contribution in [2.24, 2.45) is 7.05 Å². The standard InChI is InChI=1S/C14H13F2NO3/c1-17-12(4-3-5-13(17)18)14-10(15)6-9(7-11(14)16)20-8-19-2/h3-7H,8H2,1-2H3. The van der Waals surface area contributed by atoms with Crippen LogP contribution in [-0.4, -0.2) is 18.5 Å². The van der Waals surface area contributed by atoms with Gasteiger partial charge in [0.1, 0.15) is 17.4 Å². The number of ether oxygens (including phenoxy) is 2. The van der Waals surface area contributed by atoms with Crippen molar-refractivity contribution >= 4 is 0 Å². The molecule has 0 unspecified atom stereocenters. The Bertz CT molecular complexity index is 659. The van der Waals surface area contributed by atoms with Gasteiger partial charge in [0.05, 0.1) is 11.3 Å². The molecule has 0 fully saturated rings. The van der Waals surface area contributed by atoms with Gasteiger partial charge in [-0.25, -0.2) is 8.78 Å². The van der Waals surface area contributed by atoms with Crippen molar-refractivity contribution in [1.82, 2.24) is 4.57 Å². The highest BCUT2D eigenvalue weighted by Gasteiger charge is 2.16. The van der Waals surface area contributed by atoms with E-state index in [-0.39, 0.29) is 29.4 Å². The fourth-order valence-corrected chi connectivity index (χ4v) is 1.82. The topological polar surface area (TPSA) is 40.5 Å². The summed E-state index contributed by atoms with van der Waals surface area (Å²) in [5, 5.41) is 0. The second-order valence-corrected chi connectivity index (χ2v) is 4.12. The van der Waals surface area contributed by atoms with Crippen molar-refractivity contribution in [3.8, 4) is 17.0 Å². The summed E-state index contributed by atoms with van der Waals surface area (Å²) in [5.41, 5.74) is -0.457. The van der Waals surface area contributed by atoms with Gasteiger partial charge in [-0.3, -0.25) is 4.79 Å². The molecular weight excluding hydrogens is 268 g/mol. The van der Waals surface area contributed by atoms with Crippen LogP contribution in [0, 0.1) is 11.6 Å². The maximum absolute atomic E-state index is 14.1. The minimum atomic E-state index is -0.808. The number of nitrogens with zero attached hydrogens (tertiary/aromatic N) is 1. The molecule has 0 saturated heterocycles. The summed E-state index contributed by atoms with van der Waals surface area (Å²) in [4.78, 5) is 11.5. The van der Waals surface area contributed by atoms with Gasteiger partial charge >= 0.3 is 0 Å². The molecule has 106 valence electrons. The average Bonchev–Trinajstić information content (AvgIpc) is 2.40. The summed E-state index contributed by atoms with van der Waals surface area (Å²) in [7, 11) is 2.85. The number of pyridine rings is 1. The molecule has 0 saturated carbocycles. The lowest BCUT2D eigenvalue weighted by Crippen LogP contribution is -2.17. The zero-order chi connectivity index (χ0) is 14.7. The van der Waals surface area contributed by atoms with Crippen molar-refractivity contribution in [2.75, 3.05) is 13.9 Å². The molecule has 1 heterocycles. The predicted molar refractivity (Wildman–Crippen MR) is 69.5 cm³/mol. The summed E-state index contributed by atoms with van der Waals surface area (Å²) in [5.74, 6) is -1.60. The van der Waals surface area contributed by atoms with Crippen molar-refractivity contribution < 1.29 is 18.3 Å². The van der Waals surface area contributed by atoms with E-state index in [9.17, 15) is 13.6 Å². The lowest BCUT2D eigenvalue weighted by Gasteiger charge is -2.12. The average molecular weight is 281 g/mol. The SMILES string of the molecule is COCOc1cc(F)c(-c2cccc(=O)n2C)c(F)c1. The van der Waals surface area contributed by atoms with Crippen LogP contribution in [0.4, 0.5) is 8.78 Å². The molecule has 1 aromatic heterocycles. The van der Waals surface area contributed by atoms with E-state index in [1.165, 1.54) is 36.9 Å². The summed E-state index contributed by atoms with van der Waals surface area (Å²) in [6, 6.07) is 6.34. The van der Waals surface area contributed by atoms with E-state index in [1.54, 1.807) is 0 Å². The molecule has 20 heavy (non-hydrogen) atoms. The summed E-state index contributed by atoms with van der Waals surface area (Å²) in [6.45, 7) is -0.109. The Morgan fingerprint density at radius 3 is 2.45 bits per heavy atom. The quantitative estimate of drug-likeness (QED) is 0.807. The van der Waals surface area contributed by atoms with Crippen LogP contribution in [0.3, 0.4) is 0 Å². The summed E-state index contributed by atoms with van der Waals surface area (Å²) < 4.78 is 39.0. The number of halogens is 2. The normalized spacial score (nSPS) is 10.6. The molecule has 6 heteroatoms. The molecule has 0 amide bonds. The lowest BCUT2D eigenvalue weighted by molar-refractivity contribution is 0.0507. The third-order valence-electron chi connectivity index (χ3n) is 2.80. The molecule has 0 spiro atoms. The molecule has 0 radical (unpaired) electrons. The van der Waals surface area contributed by atoms with Crippen LogP contribution in [0.1, 0.15) is 0 Å². The van der Waals surface area contributed by atoms with Gasteiger partial charge in [0.15, 0.2) is 6.79 Å². The van der Waals surface area contributed by atoms with Crippen LogP contribution in [0.5, 0.6) is 5.75 Å². The highest BCUT2D eigenvalue weighted by atomic mass is 19.1. The smallest absolute Gasteiger partial charge is 0.250 e. The van der Waals surface area contributed by atoms with Gasteiger partial charge in [-0.05, 0) is 6.07 Å². The molecular formula is C14H13F2NO3. The molecule has 0 aliphatic carbocycles. The molecule has 0 bridgehead atoms. The van der Waals surface area contributed by atoms with Crippen molar-refractivity contribution in [1.29, 1.82) is 0 Å². The van der Waals surface area contributed by atoms with Crippen LogP contribution in [-0.2, 0) is 11.8 Å². The van der Waals surface area contributed by atoms with E-state index in [0.717, 1.165) is 12.1 Å². The molecule has 0 aliphatic rings. The van der Waals surface area contributed by atoms with E-state index in [0.29, 0.717) is 0 Å². The van der Waals surface area contributed by atoms with Crippen molar-refractivity contribution in [3.63, 3.8) is 0 Å². The van der Waals surface area contributed by atoms with Crippen molar-refractivity contribution in [2.45, 2.75) is 0 Å². The molecule has 4 nitrogen and oxygen atoms in total. The minimum absolute atomic E-state index is 0.0199. The highest BCUT2D eigenvalue weighted by Crippen LogP contribution is 2.28. The van der Waals surface area contributed by atoms with E-state index in [1.807, 2.05) is 0 Å². The zero-order valence-corrected chi connectivity index (χ0v) is 11.0. The fourth-order valence-electron chi connectivity index (χ4n) is 1.82. The number of hydrogen-bond donors (Lipinski definition) is 0. The number of hydrogen-bond acceptors (Lipinski definition) is 3. The van der Waals surface area contributed by atoms with Gasteiger partial charge in [0, 0.05) is 32.4 Å². The van der Waals surface area contributed by atoms with Gasteiger partial charge < -0.3 is 14.0 Å². The minimum Gasteiger partial charge on any atom is -0.467 e. The summed E-state index contributed by atoms with van der Waals surface area (Å²) in [6.07, 6.45) is 0. The third-order valence-corrected chi connectivity index (χ3v) is 2.80. The first-order chi connectivity index (χ1) is 9.54. The fraction of sp³-hybridized carbons (Fsp3) is 0.214. The second-order valence-electron chi connectivity index (χ2n) is 4.12. The number of aromatic nitrogens is 1. The van der Waals surface area contributed by atoms with Crippen LogP contribution in [0.25, 0.3) is 11.3 Å². The van der Waals surface area contributed by atoms with Crippen LogP contribution in [0.2, 0.25) is 0 Å². The highest BCUT2D eigenvalue weighted by molar-refractivity contribution is 5.62. The molecule has 1 aromatic carbocycles. The first-order valence-corrected chi connectivity index (χ1v) is 5.81. The van der Waals surface area contributed by atoms with Gasteiger partial charge in [-0.2, -0.15) is 0 Å². The molecule has 2 aromatic rings. The number of methoxy groups -OCH3 is 1. The number of benzene rings is 1. The Morgan fingerprint density at radius 1 is 1.20 bits per heavy atom. The maximum atomic E-state index is 14.1. The Morgan fingerprint density at radius 2 is 1.85 bits per heavy atom. The van der Waals surface area contributed by atoms with E-state index >= 15 is 0 Å². The van der Waals surface area contributed by atoms with Crippen molar-refractivity contribution in [3.05, 3.63) is 52.3 Å². The lowest BCUT2D eigenvalue weighted by atomic mass is 10.1. The van der Waals surface area contributed by atoms with Crippen LogP contribution in [0.15, 0.2) is 35.1 Å². The first kappa shape index (κ1) is 14.2. The first-order valence-electron chi connectivity index (χ1n) is 5.81. The Hall–Kier alpha value is -2.21. The van der Waals surface area contributed by atoms with Gasteiger partial charge in [0.25, 0.3) is 5.56 Å². The second kappa shape index (κ2) is 5.83. The van der Waals surface area contributed by atoms with Gasteiger partial charge in [-0.15, -0.1) is 0 Å². The zero-order valence-electron chi connectivity index (χ0n) is 11.0. The Labute approximate surface area is 114 Å². The Balaban J connectivity index is 2.52. The molecule has 2 rings (SSSR count). The van der Waals surface area contributed by atoms with E-state index < -0.39 is 11.6 Å². The van der Waals surface area contributed by atoms with Gasteiger partial charge in [-0.1, -0.05) is 6.07 Å². The van der Waals surface area contributed by atoms with Gasteiger partial charge in [0.2, 0.25) is 0 Å². The largest absolute Gasteiger partial charge is 0.467 e. The van der Waals surface area contributed by atoms with E-state index in [2.05, 4.69) is 4.74 Å². The number of rotatable bonds is 4. The Kier molecular flexibility index (Phi) is 4.14. The maximum Gasteiger partial charge on any atom is 0.250 e.